The van der Waals surface area contributed by atoms with Gasteiger partial charge in [0, 0.05) is 12.3 Å². The maximum Gasteiger partial charge on any atom is 0.179 e. The summed E-state index contributed by atoms with van der Waals surface area (Å²) in [4.78, 5) is -0.142. The molecule has 0 atom stereocenters. The number of hydrogen-bond donors (Lipinski definition) is 1. The van der Waals surface area contributed by atoms with Crippen LogP contribution in [0.5, 0.6) is 17.2 Å². The molecule has 0 fully saturated rings. The standard InChI is InChI=1S/C14H14O4S/c1-10-3-5-11(6-4-10)18-12-7-8-13(15)14(9-12)19(2,16)17/h3-9,15H,1-2H3. The lowest BCUT2D eigenvalue weighted by Crippen LogP contribution is -1.98. The van der Waals surface area contributed by atoms with Gasteiger partial charge in [0.2, 0.25) is 0 Å². The van der Waals surface area contributed by atoms with E-state index in [1.54, 1.807) is 12.1 Å². The lowest BCUT2D eigenvalue weighted by Gasteiger charge is -2.08. The minimum absolute atomic E-state index is 0.142. The van der Waals surface area contributed by atoms with Gasteiger partial charge in [0.25, 0.3) is 0 Å². The highest BCUT2D eigenvalue weighted by Gasteiger charge is 2.14. The second kappa shape index (κ2) is 4.93. The Morgan fingerprint density at radius 3 is 2.16 bits per heavy atom. The van der Waals surface area contributed by atoms with E-state index in [0.717, 1.165) is 11.8 Å². The molecule has 2 rings (SSSR count). The summed E-state index contributed by atoms with van der Waals surface area (Å²) in [7, 11) is -3.48. The zero-order valence-electron chi connectivity index (χ0n) is 10.6. The molecule has 5 heteroatoms. The maximum atomic E-state index is 11.5. The van der Waals surface area contributed by atoms with Crippen LogP contribution < -0.4 is 4.74 Å². The van der Waals surface area contributed by atoms with Gasteiger partial charge in [-0.05, 0) is 31.2 Å². The molecule has 1 N–H and O–H groups in total. The molecule has 0 spiro atoms. The Labute approximate surface area is 112 Å². The van der Waals surface area contributed by atoms with E-state index in [9.17, 15) is 13.5 Å². The first-order valence-corrected chi connectivity index (χ1v) is 7.53. The Morgan fingerprint density at radius 1 is 1.00 bits per heavy atom. The molecule has 0 amide bonds. The fraction of sp³-hybridized carbons (Fsp3) is 0.143. The summed E-state index contributed by atoms with van der Waals surface area (Å²) in [6, 6.07) is 11.5. The number of benzene rings is 2. The van der Waals surface area contributed by atoms with Crippen LogP contribution in [-0.4, -0.2) is 19.8 Å². The zero-order valence-corrected chi connectivity index (χ0v) is 11.4. The van der Waals surface area contributed by atoms with E-state index in [4.69, 9.17) is 4.74 Å². The van der Waals surface area contributed by atoms with Gasteiger partial charge >= 0.3 is 0 Å². The van der Waals surface area contributed by atoms with Gasteiger partial charge in [-0.15, -0.1) is 0 Å². The van der Waals surface area contributed by atoms with Crippen molar-refractivity contribution in [1.29, 1.82) is 0 Å². The summed E-state index contributed by atoms with van der Waals surface area (Å²) in [5.74, 6) is 0.691. The van der Waals surface area contributed by atoms with Gasteiger partial charge in [-0.2, -0.15) is 0 Å². The normalized spacial score (nSPS) is 11.3. The fourth-order valence-electron chi connectivity index (χ4n) is 1.60. The molecule has 0 aliphatic heterocycles. The van der Waals surface area contributed by atoms with Crippen molar-refractivity contribution in [2.75, 3.05) is 6.26 Å². The Morgan fingerprint density at radius 2 is 1.58 bits per heavy atom. The van der Waals surface area contributed by atoms with E-state index >= 15 is 0 Å². The van der Waals surface area contributed by atoms with E-state index in [2.05, 4.69) is 0 Å². The summed E-state index contributed by atoms with van der Waals surface area (Å²) in [6.45, 7) is 1.96. The van der Waals surface area contributed by atoms with Crippen LogP contribution in [0.15, 0.2) is 47.4 Å². The second-order valence-corrected chi connectivity index (χ2v) is 6.30. The summed E-state index contributed by atoms with van der Waals surface area (Å²) in [6.07, 6.45) is 1.04. The summed E-state index contributed by atoms with van der Waals surface area (Å²) in [5, 5.41) is 9.54. The summed E-state index contributed by atoms with van der Waals surface area (Å²) < 4.78 is 28.5. The number of phenolic OH excluding ortho intramolecular Hbond substituents is 1. The molecule has 0 unspecified atom stereocenters. The number of ether oxygens (including phenoxy) is 1. The Kier molecular flexibility index (Phi) is 3.48. The van der Waals surface area contributed by atoms with Crippen molar-refractivity contribution in [2.45, 2.75) is 11.8 Å². The van der Waals surface area contributed by atoms with E-state index in [0.29, 0.717) is 11.5 Å². The molecule has 0 aliphatic rings. The van der Waals surface area contributed by atoms with Gasteiger partial charge in [0.05, 0.1) is 0 Å². The highest BCUT2D eigenvalue weighted by molar-refractivity contribution is 7.90. The maximum absolute atomic E-state index is 11.5. The molecule has 0 saturated heterocycles. The first-order chi connectivity index (χ1) is 8.86. The molecular weight excluding hydrogens is 264 g/mol. The smallest absolute Gasteiger partial charge is 0.179 e. The number of aromatic hydroxyl groups is 1. The molecule has 100 valence electrons. The van der Waals surface area contributed by atoms with Crippen LogP contribution in [0.3, 0.4) is 0 Å². The fourth-order valence-corrected chi connectivity index (χ4v) is 2.38. The van der Waals surface area contributed by atoms with Crippen LogP contribution in [0.1, 0.15) is 5.56 Å². The molecule has 0 aromatic heterocycles. The quantitative estimate of drug-likeness (QED) is 0.937. The lowest BCUT2D eigenvalue weighted by molar-refractivity contribution is 0.449. The number of rotatable bonds is 3. The van der Waals surface area contributed by atoms with Crippen LogP contribution in [0.2, 0.25) is 0 Å². The number of aryl methyl sites for hydroxylation is 1. The molecule has 0 heterocycles. The van der Waals surface area contributed by atoms with E-state index in [-0.39, 0.29) is 10.6 Å². The SMILES string of the molecule is Cc1ccc(Oc2ccc(O)c(S(C)(=O)=O)c2)cc1. The van der Waals surface area contributed by atoms with Gasteiger partial charge in [-0.1, -0.05) is 17.7 Å². The van der Waals surface area contributed by atoms with Crippen molar-refractivity contribution in [2.24, 2.45) is 0 Å². The Hall–Kier alpha value is -2.01. The second-order valence-electron chi connectivity index (χ2n) is 4.32. The average molecular weight is 278 g/mol. The Balaban J connectivity index is 2.34. The van der Waals surface area contributed by atoms with Crippen LogP contribution in [-0.2, 0) is 9.84 Å². The average Bonchev–Trinajstić information content (AvgIpc) is 2.33. The molecule has 0 aliphatic carbocycles. The van der Waals surface area contributed by atoms with Crippen LogP contribution in [0, 0.1) is 6.92 Å². The first kappa shape index (κ1) is 13.4. The predicted octanol–water partition coefficient (Wildman–Crippen LogP) is 2.90. The Bertz CT molecular complexity index is 688. The van der Waals surface area contributed by atoms with Crippen LogP contribution >= 0.6 is 0 Å². The van der Waals surface area contributed by atoms with Crippen molar-refractivity contribution < 1.29 is 18.3 Å². The van der Waals surface area contributed by atoms with E-state index in [1.165, 1.54) is 18.2 Å². The predicted molar refractivity (Wildman–Crippen MR) is 72.5 cm³/mol. The zero-order chi connectivity index (χ0) is 14.0. The monoisotopic (exact) mass is 278 g/mol. The van der Waals surface area contributed by atoms with Gasteiger partial charge in [-0.3, -0.25) is 0 Å². The first-order valence-electron chi connectivity index (χ1n) is 5.64. The van der Waals surface area contributed by atoms with Crippen molar-refractivity contribution >= 4 is 9.84 Å². The topological polar surface area (TPSA) is 63.6 Å². The molecule has 4 nitrogen and oxygen atoms in total. The number of phenols is 1. The third kappa shape index (κ3) is 3.26. The van der Waals surface area contributed by atoms with Crippen LogP contribution in [0.25, 0.3) is 0 Å². The van der Waals surface area contributed by atoms with Gasteiger partial charge < -0.3 is 9.84 Å². The van der Waals surface area contributed by atoms with Gasteiger partial charge in [-0.25, -0.2) is 8.42 Å². The van der Waals surface area contributed by atoms with Gasteiger partial charge in [0.15, 0.2) is 9.84 Å². The molecule has 2 aromatic carbocycles. The highest BCUT2D eigenvalue weighted by Crippen LogP contribution is 2.30. The largest absolute Gasteiger partial charge is 0.507 e. The van der Waals surface area contributed by atoms with Crippen molar-refractivity contribution in [1.82, 2.24) is 0 Å². The molecule has 2 aromatic rings. The molecular formula is C14H14O4S. The van der Waals surface area contributed by atoms with Gasteiger partial charge in [0.1, 0.15) is 22.1 Å². The molecule has 19 heavy (non-hydrogen) atoms. The van der Waals surface area contributed by atoms with Crippen molar-refractivity contribution in [3.8, 4) is 17.2 Å². The van der Waals surface area contributed by atoms with Crippen LogP contribution in [0.4, 0.5) is 0 Å². The van der Waals surface area contributed by atoms with Crippen molar-refractivity contribution in [3.63, 3.8) is 0 Å². The molecule has 0 bridgehead atoms. The van der Waals surface area contributed by atoms with Crippen molar-refractivity contribution in [3.05, 3.63) is 48.0 Å². The minimum Gasteiger partial charge on any atom is -0.507 e. The molecule has 0 saturated carbocycles. The number of sulfone groups is 1. The minimum atomic E-state index is -3.48. The summed E-state index contributed by atoms with van der Waals surface area (Å²) >= 11 is 0. The van der Waals surface area contributed by atoms with E-state index < -0.39 is 9.84 Å². The summed E-state index contributed by atoms with van der Waals surface area (Å²) in [5.41, 5.74) is 1.11. The van der Waals surface area contributed by atoms with E-state index in [1.807, 2.05) is 19.1 Å². The number of hydrogen-bond acceptors (Lipinski definition) is 4. The molecule has 0 radical (unpaired) electrons. The highest BCUT2D eigenvalue weighted by atomic mass is 32.2. The third-order valence-electron chi connectivity index (χ3n) is 2.59. The third-order valence-corrected chi connectivity index (χ3v) is 3.71. The lowest BCUT2D eigenvalue weighted by atomic mass is 10.2.